The molecule has 0 radical (unpaired) electrons. The number of hydrogen-bond donors (Lipinski definition) is 4. The number of likely N-dealkylation sites (N-methyl/N-ethyl adjacent to an activating group) is 1. The maximum Gasteiger partial charge on any atom is 0.418 e. The number of hydroxylamine groups is 2. The number of carbonyl (C=O) groups is 2. The number of amides is 2. The maximum absolute atomic E-state index is 11.1. The average Bonchev–Trinajstić information content (AvgIpc) is 2.26. The van der Waals surface area contributed by atoms with E-state index in [2.05, 4.69) is 9.60 Å². The standard InChI is InChI=1S/C6H14N4O6S/c1-8-5(6(12)9-7)2-3-10(4-11)16-17(13,14)15/h4-5,8H,2-3,7H2,1H3,(H,9,12)(H,13,14,15). The molecule has 0 fully saturated rings. The van der Waals surface area contributed by atoms with Gasteiger partial charge in [-0.1, -0.05) is 0 Å². The first-order chi connectivity index (χ1) is 7.84. The summed E-state index contributed by atoms with van der Waals surface area (Å²) < 4.78 is 32.9. The van der Waals surface area contributed by atoms with Gasteiger partial charge in [-0.3, -0.25) is 19.6 Å². The molecule has 0 aromatic heterocycles. The van der Waals surface area contributed by atoms with Crippen LogP contribution in [0.15, 0.2) is 0 Å². The van der Waals surface area contributed by atoms with Gasteiger partial charge in [0, 0.05) is 0 Å². The molecule has 0 aromatic rings. The Morgan fingerprint density at radius 1 is 1.65 bits per heavy atom. The lowest BCUT2D eigenvalue weighted by Gasteiger charge is -2.18. The molecule has 0 rings (SSSR count). The van der Waals surface area contributed by atoms with Crippen LogP contribution in [-0.2, 0) is 24.3 Å². The highest BCUT2D eigenvalue weighted by Crippen LogP contribution is 1.98. The molecule has 1 atom stereocenters. The summed E-state index contributed by atoms with van der Waals surface area (Å²) in [7, 11) is -3.29. The van der Waals surface area contributed by atoms with Crippen molar-refractivity contribution in [1.82, 2.24) is 15.8 Å². The van der Waals surface area contributed by atoms with E-state index in [1.54, 1.807) is 0 Å². The maximum atomic E-state index is 11.1. The van der Waals surface area contributed by atoms with Crippen LogP contribution in [0.5, 0.6) is 0 Å². The van der Waals surface area contributed by atoms with Crippen LogP contribution >= 0.6 is 0 Å². The van der Waals surface area contributed by atoms with E-state index in [-0.39, 0.29) is 19.4 Å². The largest absolute Gasteiger partial charge is 0.418 e. The van der Waals surface area contributed by atoms with Gasteiger partial charge in [-0.15, -0.1) is 4.28 Å². The van der Waals surface area contributed by atoms with E-state index in [0.29, 0.717) is 5.06 Å². The van der Waals surface area contributed by atoms with Crippen molar-refractivity contribution in [2.45, 2.75) is 12.5 Å². The Labute approximate surface area is 98.0 Å². The lowest BCUT2D eigenvalue weighted by Crippen LogP contribution is -2.47. The van der Waals surface area contributed by atoms with Gasteiger partial charge in [-0.05, 0) is 13.5 Å². The molecule has 17 heavy (non-hydrogen) atoms. The smallest absolute Gasteiger partial charge is 0.309 e. The lowest BCUT2D eigenvalue weighted by molar-refractivity contribution is -0.143. The topological polar surface area (TPSA) is 151 Å². The van der Waals surface area contributed by atoms with E-state index >= 15 is 0 Å². The summed E-state index contributed by atoms with van der Waals surface area (Å²) in [6, 6.07) is -0.729. The zero-order valence-electron chi connectivity index (χ0n) is 8.99. The first kappa shape index (κ1) is 15.7. The molecule has 1 unspecified atom stereocenters. The molecule has 0 saturated carbocycles. The van der Waals surface area contributed by atoms with Crippen LogP contribution in [0.4, 0.5) is 0 Å². The Morgan fingerprint density at radius 2 is 2.24 bits per heavy atom. The van der Waals surface area contributed by atoms with Gasteiger partial charge in [-0.2, -0.15) is 8.42 Å². The van der Waals surface area contributed by atoms with Crippen molar-refractivity contribution in [3.8, 4) is 0 Å². The van der Waals surface area contributed by atoms with E-state index in [4.69, 9.17) is 10.4 Å². The minimum absolute atomic E-state index is 0.0355. The fraction of sp³-hybridized carbons (Fsp3) is 0.667. The van der Waals surface area contributed by atoms with Crippen LogP contribution in [0, 0.1) is 0 Å². The molecule has 0 aliphatic carbocycles. The van der Waals surface area contributed by atoms with E-state index in [1.807, 2.05) is 5.43 Å². The van der Waals surface area contributed by atoms with Gasteiger partial charge in [-0.25, -0.2) is 10.9 Å². The molecular formula is C6H14N4O6S. The number of hydrazine groups is 1. The number of rotatable bonds is 8. The zero-order valence-corrected chi connectivity index (χ0v) is 9.81. The Kier molecular flexibility index (Phi) is 6.60. The Hall–Kier alpha value is -1.27. The molecule has 11 heteroatoms. The van der Waals surface area contributed by atoms with Crippen LogP contribution < -0.4 is 16.6 Å². The first-order valence-electron chi connectivity index (χ1n) is 4.40. The molecule has 2 amide bonds. The van der Waals surface area contributed by atoms with Crippen LogP contribution in [0.25, 0.3) is 0 Å². The quantitative estimate of drug-likeness (QED) is 0.121. The van der Waals surface area contributed by atoms with Crippen molar-refractivity contribution in [3.63, 3.8) is 0 Å². The van der Waals surface area contributed by atoms with Crippen molar-refractivity contribution >= 4 is 22.7 Å². The van der Waals surface area contributed by atoms with Crippen LogP contribution in [-0.4, -0.2) is 50.0 Å². The van der Waals surface area contributed by atoms with Crippen LogP contribution in [0.3, 0.4) is 0 Å². The number of hydrogen-bond acceptors (Lipinski definition) is 7. The number of nitrogens with one attached hydrogen (secondary N) is 2. The highest BCUT2D eigenvalue weighted by Gasteiger charge is 2.19. The second-order valence-corrected chi connectivity index (χ2v) is 3.89. The highest BCUT2D eigenvalue weighted by atomic mass is 32.3. The highest BCUT2D eigenvalue weighted by molar-refractivity contribution is 7.80. The third-order valence-corrected chi connectivity index (χ3v) is 2.13. The lowest BCUT2D eigenvalue weighted by atomic mass is 10.2. The van der Waals surface area contributed by atoms with Gasteiger partial charge in [0.15, 0.2) is 0 Å². The molecule has 0 spiro atoms. The van der Waals surface area contributed by atoms with Crippen molar-refractivity contribution in [1.29, 1.82) is 0 Å². The summed E-state index contributed by atoms with van der Waals surface area (Å²) in [5.41, 5.74) is 1.89. The normalized spacial score (nSPS) is 12.9. The van der Waals surface area contributed by atoms with Gasteiger partial charge in [0.05, 0.1) is 12.6 Å². The molecule has 0 aliphatic heterocycles. The fourth-order valence-electron chi connectivity index (χ4n) is 0.992. The second kappa shape index (κ2) is 7.13. The van der Waals surface area contributed by atoms with Crippen molar-refractivity contribution < 1.29 is 26.8 Å². The van der Waals surface area contributed by atoms with Crippen molar-refractivity contribution in [2.75, 3.05) is 13.6 Å². The summed E-state index contributed by atoms with van der Waals surface area (Å²) in [5.74, 6) is 4.36. The summed E-state index contributed by atoms with van der Waals surface area (Å²) >= 11 is 0. The minimum atomic E-state index is -4.77. The van der Waals surface area contributed by atoms with E-state index in [1.165, 1.54) is 7.05 Å². The van der Waals surface area contributed by atoms with Gasteiger partial charge < -0.3 is 5.32 Å². The number of nitrogens with zero attached hydrogens (tertiary/aromatic N) is 1. The van der Waals surface area contributed by atoms with Crippen LogP contribution in [0.2, 0.25) is 0 Å². The molecular weight excluding hydrogens is 256 g/mol. The molecule has 0 aliphatic rings. The third kappa shape index (κ3) is 6.80. The minimum Gasteiger partial charge on any atom is -0.309 e. The summed E-state index contributed by atoms with van der Waals surface area (Å²) in [6.45, 7) is -0.234. The van der Waals surface area contributed by atoms with Gasteiger partial charge in [0.25, 0.3) is 5.91 Å². The van der Waals surface area contributed by atoms with E-state index in [9.17, 15) is 18.0 Å². The molecule has 0 saturated heterocycles. The Balaban J connectivity index is 4.31. The average molecular weight is 270 g/mol. The number of carbonyl (C=O) groups excluding carboxylic acids is 2. The summed E-state index contributed by atoms with van der Waals surface area (Å²) in [4.78, 5) is 21.5. The van der Waals surface area contributed by atoms with Gasteiger partial charge in [0.2, 0.25) is 6.41 Å². The molecule has 0 heterocycles. The molecule has 100 valence electrons. The molecule has 0 bridgehead atoms. The monoisotopic (exact) mass is 270 g/mol. The SMILES string of the molecule is CNC(CCN(C=O)OS(=O)(=O)O)C(=O)NN. The summed E-state index contributed by atoms with van der Waals surface area (Å²) in [6.07, 6.45) is 0.0919. The number of nitrogens with two attached hydrogens (primary N) is 1. The van der Waals surface area contributed by atoms with E-state index in [0.717, 1.165) is 0 Å². The predicted octanol–water partition coefficient (Wildman–Crippen LogP) is -2.85. The predicted molar refractivity (Wildman–Crippen MR) is 55.2 cm³/mol. The Morgan fingerprint density at radius 3 is 2.59 bits per heavy atom. The zero-order chi connectivity index (χ0) is 13.5. The second-order valence-electron chi connectivity index (χ2n) is 2.89. The molecule has 0 aromatic carbocycles. The van der Waals surface area contributed by atoms with Crippen molar-refractivity contribution in [2.24, 2.45) is 5.84 Å². The molecule has 10 nitrogen and oxygen atoms in total. The van der Waals surface area contributed by atoms with Gasteiger partial charge in [0.1, 0.15) is 0 Å². The third-order valence-electron chi connectivity index (χ3n) is 1.75. The van der Waals surface area contributed by atoms with Crippen LogP contribution in [0.1, 0.15) is 6.42 Å². The Bertz CT molecular complexity index is 358. The first-order valence-corrected chi connectivity index (χ1v) is 5.77. The molecule has 5 N–H and O–H groups in total. The fourth-order valence-corrected chi connectivity index (χ4v) is 1.34. The summed E-state index contributed by atoms with van der Waals surface area (Å²) in [5, 5.41) is 2.93. The van der Waals surface area contributed by atoms with Gasteiger partial charge >= 0.3 is 10.4 Å². The van der Waals surface area contributed by atoms with E-state index < -0.39 is 22.3 Å². The van der Waals surface area contributed by atoms with Crippen molar-refractivity contribution in [3.05, 3.63) is 0 Å².